The van der Waals surface area contributed by atoms with Crippen LogP contribution in [0.1, 0.15) is 36.8 Å². The van der Waals surface area contributed by atoms with E-state index in [1.807, 2.05) is 37.3 Å². The fraction of sp³-hybridized carbons (Fsp3) is 0.308. The summed E-state index contributed by atoms with van der Waals surface area (Å²) in [6.45, 7) is 4.46. The standard InChI is InChI=1S/C26H28FN3O4S/c1-3-30(22-10-5-4-6-11-22)26(31)21-15-17-29(18-16-21)35(32,33)25-19(2)28-34-24(25)14-13-20-9-7-8-12-23(20)27/h4-14,21H,3,15-18H2,1-2H3/b14-13+. The first-order valence-electron chi connectivity index (χ1n) is 11.6. The van der Waals surface area contributed by atoms with Gasteiger partial charge in [0.1, 0.15) is 11.5 Å². The van der Waals surface area contributed by atoms with Crippen LogP contribution in [0.25, 0.3) is 12.2 Å². The van der Waals surface area contributed by atoms with Crippen molar-refractivity contribution in [2.24, 2.45) is 5.92 Å². The van der Waals surface area contributed by atoms with Gasteiger partial charge in [-0.05, 0) is 57.0 Å². The summed E-state index contributed by atoms with van der Waals surface area (Å²) in [5.41, 5.74) is 1.38. The van der Waals surface area contributed by atoms with E-state index < -0.39 is 15.8 Å². The van der Waals surface area contributed by atoms with E-state index in [1.165, 1.54) is 22.5 Å². The third-order valence-electron chi connectivity index (χ3n) is 6.20. The Morgan fingerprint density at radius 2 is 1.77 bits per heavy atom. The zero-order valence-corrected chi connectivity index (χ0v) is 20.5. The van der Waals surface area contributed by atoms with Gasteiger partial charge in [-0.2, -0.15) is 4.31 Å². The molecule has 2 heterocycles. The smallest absolute Gasteiger partial charge is 0.248 e. The van der Waals surface area contributed by atoms with Gasteiger partial charge in [0.2, 0.25) is 15.9 Å². The van der Waals surface area contributed by atoms with Gasteiger partial charge in [0.05, 0.1) is 0 Å². The van der Waals surface area contributed by atoms with Gasteiger partial charge in [0.15, 0.2) is 10.7 Å². The zero-order valence-electron chi connectivity index (χ0n) is 19.7. The summed E-state index contributed by atoms with van der Waals surface area (Å²) in [5.74, 6) is -0.631. The number of piperidine rings is 1. The van der Waals surface area contributed by atoms with E-state index in [2.05, 4.69) is 5.16 Å². The van der Waals surface area contributed by atoms with Crippen LogP contribution in [-0.4, -0.2) is 43.4 Å². The van der Waals surface area contributed by atoms with Crippen molar-refractivity contribution in [3.05, 3.63) is 77.4 Å². The third-order valence-corrected chi connectivity index (χ3v) is 8.26. The summed E-state index contributed by atoms with van der Waals surface area (Å²) in [6, 6.07) is 15.6. The quantitative estimate of drug-likeness (QED) is 0.471. The average molecular weight is 498 g/mol. The van der Waals surface area contributed by atoms with E-state index in [-0.39, 0.29) is 41.3 Å². The van der Waals surface area contributed by atoms with E-state index >= 15 is 0 Å². The van der Waals surface area contributed by atoms with E-state index in [4.69, 9.17) is 4.52 Å². The Morgan fingerprint density at radius 1 is 1.11 bits per heavy atom. The van der Waals surface area contributed by atoms with Gasteiger partial charge in [-0.25, -0.2) is 12.8 Å². The van der Waals surface area contributed by atoms with Crippen LogP contribution in [0.4, 0.5) is 10.1 Å². The molecule has 1 fully saturated rings. The van der Waals surface area contributed by atoms with Crippen molar-refractivity contribution in [3.8, 4) is 0 Å². The first-order chi connectivity index (χ1) is 16.8. The van der Waals surface area contributed by atoms with Crippen molar-refractivity contribution in [2.45, 2.75) is 31.6 Å². The molecule has 0 aliphatic carbocycles. The molecule has 0 unspecified atom stereocenters. The van der Waals surface area contributed by atoms with Crippen molar-refractivity contribution in [3.63, 3.8) is 0 Å². The van der Waals surface area contributed by atoms with Crippen LogP contribution in [0.15, 0.2) is 64.0 Å². The van der Waals surface area contributed by atoms with Crippen molar-refractivity contribution < 1.29 is 22.1 Å². The molecular formula is C26H28FN3O4S. The van der Waals surface area contributed by atoms with Crippen LogP contribution >= 0.6 is 0 Å². The topological polar surface area (TPSA) is 83.7 Å². The molecule has 0 spiro atoms. The predicted molar refractivity (Wildman–Crippen MR) is 133 cm³/mol. The van der Waals surface area contributed by atoms with Crippen LogP contribution in [0.3, 0.4) is 0 Å². The SMILES string of the molecule is CCN(C(=O)C1CCN(S(=O)(=O)c2c(C)noc2/C=C/c2ccccc2F)CC1)c1ccccc1. The predicted octanol–water partition coefficient (Wildman–Crippen LogP) is 4.75. The number of sulfonamides is 1. The summed E-state index contributed by atoms with van der Waals surface area (Å²) in [5, 5.41) is 3.84. The Balaban J connectivity index is 1.49. The van der Waals surface area contributed by atoms with Crippen molar-refractivity contribution in [1.82, 2.24) is 9.46 Å². The molecule has 1 aromatic heterocycles. The van der Waals surface area contributed by atoms with Crippen LogP contribution in [0, 0.1) is 18.7 Å². The minimum atomic E-state index is -3.91. The number of halogens is 1. The molecule has 1 aliphatic rings. The Morgan fingerprint density at radius 3 is 2.43 bits per heavy atom. The second kappa shape index (κ2) is 10.5. The molecule has 3 aromatic rings. The number of aryl methyl sites for hydroxylation is 1. The maximum absolute atomic E-state index is 14.0. The lowest BCUT2D eigenvalue weighted by molar-refractivity contribution is -0.123. The second-order valence-corrected chi connectivity index (χ2v) is 10.3. The second-order valence-electron chi connectivity index (χ2n) is 8.41. The third kappa shape index (κ3) is 5.21. The van der Waals surface area contributed by atoms with Gasteiger partial charge >= 0.3 is 0 Å². The first kappa shape index (κ1) is 24.8. The number of benzene rings is 2. The van der Waals surface area contributed by atoms with Gasteiger partial charge in [0, 0.05) is 36.8 Å². The minimum Gasteiger partial charge on any atom is -0.355 e. The highest BCUT2D eigenvalue weighted by Gasteiger charge is 2.37. The molecule has 0 atom stereocenters. The highest BCUT2D eigenvalue weighted by Crippen LogP contribution is 2.30. The molecule has 0 saturated carbocycles. The number of carbonyl (C=O) groups is 1. The Labute approximate surface area is 204 Å². The lowest BCUT2D eigenvalue weighted by atomic mass is 9.96. The monoisotopic (exact) mass is 497 g/mol. The molecule has 35 heavy (non-hydrogen) atoms. The molecule has 9 heteroatoms. The molecule has 0 N–H and O–H groups in total. The molecule has 0 radical (unpaired) electrons. The molecule has 1 amide bonds. The number of amides is 1. The zero-order chi connectivity index (χ0) is 25.0. The molecule has 0 bridgehead atoms. The lowest BCUT2D eigenvalue weighted by Gasteiger charge is -2.33. The van der Waals surface area contributed by atoms with Crippen LogP contribution in [0.5, 0.6) is 0 Å². The molecule has 184 valence electrons. The van der Waals surface area contributed by atoms with Crippen LogP contribution < -0.4 is 4.90 Å². The largest absolute Gasteiger partial charge is 0.355 e. The van der Waals surface area contributed by atoms with Gasteiger partial charge in [-0.3, -0.25) is 4.79 Å². The fourth-order valence-corrected chi connectivity index (χ4v) is 6.06. The molecule has 1 aliphatic heterocycles. The normalized spacial score (nSPS) is 15.5. The Bertz CT molecular complexity index is 1310. The summed E-state index contributed by atoms with van der Waals surface area (Å²) in [7, 11) is -3.91. The van der Waals surface area contributed by atoms with E-state index in [9.17, 15) is 17.6 Å². The minimum absolute atomic E-state index is 0.00502. The molecule has 1 saturated heterocycles. The number of carbonyl (C=O) groups excluding carboxylic acids is 1. The molecule has 4 rings (SSSR count). The number of hydrogen-bond donors (Lipinski definition) is 0. The number of nitrogens with zero attached hydrogens (tertiary/aromatic N) is 3. The highest BCUT2D eigenvalue weighted by molar-refractivity contribution is 7.89. The molecule has 2 aromatic carbocycles. The van der Waals surface area contributed by atoms with Gasteiger partial charge < -0.3 is 9.42 Å². The molecule has 7 nitrogen and oxygen atoms in total. The maximum atomic E-state index is 14.0. The van der Waals surface area contributed by atoms with E-state index in [1.54, 1.807) is 30.0 Å². The number of anilines is 1. The number of para-hydroxylation sites is 1. The van der Waals surface area contributed by atoms with Crippen LogP contribution in [0.2, 0.25) is 0 Å². The van der Waals surface area contributed by atoms with E-state index in [0.717, 1.165) is 5.69 Å². The van der Waals surface area contributed by atoms with Crippen LogP contribution in [-0.2, 0) is 14.8 Å². The maximum Gasteiger partial charge on any atom is 0.248 e. The lowest BCUT2D eigenvalue weighted by Crippen LogP contribution is -2.44. The van der Waals surface area contributed by atoms with E-state index in [0.29, 0.717) is 24.9 Å². The first-order valence-corrected chi connectivity index (χ1v) is 13.0. The fourth-order valence-electron chi connectivity index (χ4n) is 4.34. The Kier molecular flexibility index (Phi) is 7.47. The van der Waals surface area contributed by atoms with Gasteiger partial charge in [-0.15, -0.1) is 0 Å². The molecular weight excluding hydrogens is 469 g/mol. The summed E-state index contributed by atoms with van der Waals surface area (Å²) < 4.78 is 47.6. The highest BCUT2D eigenvalue weighted by atomic mass is 32.2. The number of hydrogen-bond acceptors (Lipinski definition) is 5. The van der Waals surface area contributed by atoms with Crippen molar-refractivity contribution >= 4 is 33.8 Å². The van der Waals surface area contributed by atoms with Gasteiger partial charge in [0.25, 0.3) is 0 Å². The average Bonchev–Trinajstić information content (AvgIpc) is 3.25. The summed E-state index contributed by atoms with van der Waals surface area (Å²) in [6.07, 6.45) is 3.72. The number of aromatic nitrogens is 1. The van der Waals surface area contributed by atoms with Crippen molar-refractivity contribution in [2.75, 3.05) is 24.5 Å². The van der Waals surface area contributed by atoms with Gasteiger partial charge in [-0.1, -0.05) is 41.6 Å². The number of rotatable bonds is 7. The van der Waals surface area contributed by atoms with Crippen molar-refractivity contribution in [1.29, 1.82) is 0 Å². The summed E-state index contributed by atoms with van der Waals surface area (Å²) in [4.78, 5) is 14.9. The summed E-state index contributed by atoms with van der Waals surface area (Å²) >= 11 is 0. The Hall–Kier alpha value is -3.30.